The van der Waals surface area contributed by atoms with Crippen molar-refractivity contribution in [2.24, 2.45) is 0 Å². The molecule has 0 saturated heterocycles. The van der Waals surface area contributed by atoms with Crippen molar-refractivity contribution in [3.63, 3.8) is 0 Å². The van der Waals surface area contributed by atoms with Crippen molar-refractivity contribution in [2.45, 2.75) is 45.3 Å². The predicted octanol–water partition coefficient (Wildman–Crippen LogP) is 0.960. The first kappa shape index (κ1) is 13.4. The maximum Gasteiger partial charge on any atom is 0.330 e. The van der Waals surface area contributed by atoms with Gasteiger partial charge in [0.25, 0.3) is 0 Å². The summed E-state index contributed by atoms with van der Waals surface area (Å²) < 4.78 is 10.6. The molecule has 4 heteroatoms. The van der Waals surface area contributed by atoms with E-state index in [1.54, 1.807) is 0 Å². The third-order valence-electron chi connectivity index (χ3n) is 2.18. The highest BCUT2D eigenvalue weighted by molar-refractivity contribution is 5.98. The lowest BCUT2D eigenvalue weighted by Gasteiger charge is -2.28. The van der Waals surface area contributed by atoms with E-state index in [1.165, 1.54) is 6.08 Å². The van der Waals surface area contributed by atoms with Crippen molar-refractivity contribution < 1.29 is 14.0 Å². The molecular weight excluding hydrogens is 196 g/mol. The lowest BCUT2D eigenvalue weighted by Crippen LogP contribution is -2.31. The standard InChI is InChI=1S/C10H20O3Si/c1-5-8(12-9(11)6-2)7-10(3,4)13-14/h6,8H,2,5,7H2,1,3-4,14H3. The fourth-order valence-corrected chi connectivity index (χ4v) is 1.28. The van der Waals surface area contributed by atoms with Crippen LogP contribution in [0.3, 0.4) is 0 Å². The SMILES string of the molecule is C=CC(=O)OC(CC)CC(C)(C)O[SiH3]. The van der Waals surface area contributed by atoms with Crippen molar-refractivity contribution in [1.82, 2.24) is 0 Å². The first-order valence-corrected chi connectivity index (χ1v) is 5.65. The van der Waals surface area contributed by atoms with Gasteiger partial charge in [-0.25, -0.2) is 4.79 Å². The van der Waals surface area contributed by atoms with Gasteiger partial charge in [-0.15, -0.1) is 0 Å². The first-order valence-electron chi connectivity index (χ1n) is 4.83. The first-order chi connectivity index (χ1) is 6.45. The molecular formula is C10H20O3Si. The largest absolute Gasteiger partial charge is 0.459 e. The van der Waals surface area contributed by atoms with Gasteiger partial charge in [0.05, 0.1) is 5.60 Å². The molecule has 0 spiro atoms. The lowest BCUT2D eigenvalue weighted by molar-refractivity contribution is -0.145. The Labute approximate surface area is 89.0 Å². The molecule has 0 rings (SSSR count). The molecule has 0 aromatic rings. The summed E-state index contributed by atoms with van der Waals surface area (Å²) in [6.07, 6.45) is 2.64. The fourth-order valence-electron chi connectivity index (χ4n) is 1.11. The lowest BCUT2D eigenvalue weighted by atomic mass is 9.99. The number of rotatable bonds is 6. The van der Waals surface area contributed by atoms with Crippen molar-refractivity contribution in [3.05, 3.63) is 12.7 Å². The molecule has 0 bridgehead atoms. The van der Waals surface area contributed by atoms with Gasteiger partial charge in [0.1, 0.15) is 16.6 Å². The summed E-state index contributed by atoms with van der Waals surface area (Å²) in [5, 5.41) is 0. The summed E-state index contributed by atoms with van der Waals surface area (Å²) in [6.45, 7) is 9.36. The van der Waals surface area contributed by atoms with E-state index in [2.05, 4.69) is 6.58 Å². The molecule has 0 aliphatic carbocycles. The van der Waals surface area contributed by atoms with Gasteiger partial charge in [-0.1, -0.05) is 13.5 Å². The van der Waals surface area contributed by atoms with Gasteiger partial charge in [0, 0.05) is 12.5 Å². The molecule has 0 aliphatic rings. The Hall–Kier alpha value is -0.613. The van der Waals surface area contributed by atoms with E-state index in [1.807, 2.05) is 20.8 Å². The van der Waals surface area contributed by atoms with Gasteiger partial charge in [0.15, 0.2) is 0 Å². The molecule has 14 heavy (non-hydrogen) atoms. The Balaban J connectivity index is 4.15. The molecule has 0 fully saturated rings. The second-order valence-corrected chi connectivity index (χ2v) is 4.25. The average molecular weight is 216 g/mol. The zero-order chi connectivity index (χ0) is 11.2. The van der Waals surface area contributed by atoms with Crippen LogP contribution >= 0.6 is 0 Å². The van der Waals surface area contributed by atoms with E-state index >= 15 is 0 Å². The minimum atomic E-state index is -0.360. The molecule has 0 amide bonds. The molecule has 3 nitrogen and oxygen atoms in total. The average Bonchev–Trinajstić information content (AvgIpc) is 2.16. The molecule has 0 aromatic heterocycles. The van der Waals surface area contributed by atoms with Crippen molar-refractivity contribution in [2.75, 3.05) is 0 Å². The molecule has 0 aromatic carbocycles. The topological polar surface area (TPSA) is 35.5 Å². The molecule has 0 N–H and O–H groups in total. The van der Waals surface area contributed by atoms with Gasteiger partial charge in [-0.2, -0.15) is 0 Å². The predicted molar refractivity (Wildman–Crippen MR) is 60.1 cm³/mol. The molecule has 1 atom stereocenters. The van der Waals surface area contributed by atoms with Gasteiger partial charge in [-0.3, -0.25) is 0 Å². The maximum absolute atomic E-state index is 11.0. The summed E-state index contributed by atoms with van der Waals surface area (Å²) in [6, 6.07) is 0. The van der Waals surface area contributed by atoms with Crippen molar-refractivity contribution >= 4 is 16.5 Å². The molecule has 1 unspecified atom stereocenters. The highest BCUT2D eigenvalue weighted by Crippen LogP contribution is 2.19. The van der Waals surface area contributed by atoms with E-state index < -0.39 is 0 Å². The Kier molecular flexibility index (Phi) is 5.72. The van der Waals surface area contributed by atoms with Crippen molar-refractivity contribution in [1.29, 1.82) is 0 Å². The highest BCUT2D eigenvalue weighted by atomic mass is 28.2. The number of carbonyl (C=O) groups excluding carboxylic acids is 1. The number of hydrogen-bond donors (Lipinski definition) is 0. The van der Waals surface area contributed by atoms with Crippen LogP contribution in [-0.4, -0.2) is 28.2 Å². The van der Waals surface area contributed by atoms with Gasteiger partial charge in [0.2, 0.25) is 0 Å². The van der Waals surface area contributed by atoms with Gasteiger partial charge < -0.3 is 9.16 Å². The van der Waals surface area contributed by atoms with E-state index in [0.717, 1.165) is 12.8 Å². The Morgan fingerprint density at radius 2 is 2.21 bits per heavy atom. The van der Waals surface area contributed by atoms with Crippen molar-refractivity contribution in [3.8, 4) is 0 Å². The second-order valence-electron chi connectivity index (χ2n) is 3.84. The fraction of sp³-hybridized carbons (Fsp3) is 0.700. The molecule has 0 heterocycles. The number of carbonyl (C=O) groups is 1. The van der Waals surface area contributed by atoms with E-state index in [0.29, 0.717) is 10.5 Å². The molecule has 0 radical (unpaired) electrons. The van der Waals surface area contributed by atoms with Crippen LogP contribution in [-0.2, 0) is 14.0 Å². The normalized spacial score (nSPS) is 13.6. The molecule has 0 aliphatic heterocycles. The van der Waals surface area contributed by atoms with Gasteiger partial charge >= 0.3 is 5.97 Å². The number of hydrogen-bond acceptors (Lipinski definition) is 3. The van der Waals surface area contributed by atoms with Crippen LogP contribution in [0.15, 0.2) is 12.7 Å². The van der Waals surface area contributed by atoms with E-state index in [4.69, 9.17) is 9.16 Å². The third-order valence-corrected chi connectivity index (χ3v) is 3.28. The van der Waals surface area contributed by atoms with E-state index in [-0.39, 0.29) is 17.7 Å². The minimum Gasteiger partial charge on any atom is -0.459 e. The number of esters is 1. The monoisotopic (exact) mass is 216 g/mol. The minimum absolute atomic E-state index is 0.0792. The van der Waals surface area contributed by atoms with Crippen LogP contribution in [0.25, 0.3) is 0 Å². The molecule has 82 valence electrons. The van der Waals surface area contributed by atoms with Crippen LogP contribution in [0.5, 0.6) is 0 Å². The van der Waals surface area contributed by atoms with E-state index in [9.17, 15) is 4.79 Å². The Bertz CT molecular complexity index is 202. The zero-order valence-corrected chi connectivity index (χ0v) is 11.5. The van der Waals surface area contributed by atoms with Gasteiger partial charge in [-0.05, 0) is 20.3 Å². The summed E-state index contributed by atoms with van der Waals surface area (Å²) in [5.74, 6) is -0.360. The van der Waals surface area contributed by atoms with Crippen LogP contribution in [0.2, 0.25) is 0 Å². The number of ether oxygens (including phenoxy) is 1. The molecule has 0 saturated carbocycles. The summed E-state index contributed by atoms with van der Waals surface area (Å²) >= 11 is 0. The van der Waals surface area contributed by atoms with Crippen LogP contribution in [0.1, 0.15) is 33.6 Å². The Morgan fingerprint density at radius 3 is 2.57 bits per heavy atom. The summed E-state index contributed by atoms with van der Waals surface area (Å²) in [5.41, 5.74) is -0.200. The van der Waals surface area contributed by atoms with Crippen LogP contribution < -0.4 is 0 Å². The zero-order valence-electron chi connectivity index (χ0n) is 9.50. The second kappa shape index (κ2) is 5.98. The smallest absolute Gasteiger partial charge is 0.330 e. The highest BCUT2D eigenvalue weighted by Gasteiger charge is 2.23. The quantitative estimate of drug-likeness (QED) is 0.377. The summed E-state index contributed by atoms with van der Waals surface area (Å²) in [4.78, 5) is 11.0. The Morgan fingerprint density at radius 1 is 1.64 bits per heavy atom. The van der Waals surface area contributed by atoms with Crippen LogP contribution in [0, 0.1) is 0 Å². The third kappa shape index (κ3) is 5.19. The summed E-state index contributed by atoms with van der Waals surface area (Å²) in [7, 11) is 0.694. The van der Waals surface area contributed by atoms with Crippen LogP contribution in [0.4, 0.5) is 0 Å². The maximum atomic E-state index is 11.0.